The van der Waals surface area contributed by atoms with Gasteiger partial charge in [-0.1, -0.05) is 47.5 Å². The Balaban J connectivity index is 1.75. The summed E-state index contributed by atoms with van der Waals surface area (Å²) in [5, 5.41) is 0.0400. The van der Waals surface area contributed by atoms with Gasteiger partial charge in [-0.25, -0.2) is 9.59 Å². The number of rotatable bonds is 5. The SMILES string of the molecule is O=C1O[C@H]([C@H]2OC(=O)C(=O)[C@H]2C(=O)c2ccccc2Cl)[C@H](C(=O)c2ccccc2Cl)C1=O. The molecule has 0 saturated carbocycles. The molecule has 4 atom stereocenters. The summed E-state index contributed by atoms with van der Waals surface area (Å²) in [5.41, 5.74) is -0.138. The number of carbonyl (C=O) groups is 6. The van der Waals surface area contributed by atoms with Crippen LogP contribution in [0, 0.1) is 11.8 Å². The number of halogens is 2. The standard InChI is InChI=1S/C22H12Cl2O8/c23-11-7-3-1-5-9(11)15(25)13-17(27)21(29)31-19(13)20-14(18(28)22(30)32-20)16(26)10-6-2-4-8-12(10)24/h1-8,13-14,19-20H/t13-,14-,19+,20+/m1/s1. The first-order valence-electron chi connectivity index (χ1n) is 9.29. The lowest BCUT2D eigenvalue weighted by molar-refractivity contribution is -0.157. The van der Waals surface area contributed by atoms with Crippen LogP contribution in [0.2, 0.25) is 10.0 Å². The highest BCUT2D eigenvalue weighted by Crippen LogP contribution is 2.36. The molecule has 0 radical (unpaired) electrons. The molecule has 2 aromatic carbocycles. The van der Waals surface area contributed by atoms with Gasteiger partial charge in [0.25, 0.3) is 11.6 Å². The molecule has 2 aromatic rings. The fourth-order valence-corrected chi connectivity index (χ4v) is 4.22. The predicted octanol–water partition coefficient (Wildman–Crippen LogP) is 2.28. The zero-order valence-electron chi connectivity index (χ0n) is 16.0. The second-order valence-corrected chi connectivity index (χ2v) is 7.93. The van der Waals surface area contributed by atoms with E-state index in [1.54, 1.807) is 12.1 Å². The first-order valence-corrected chi connectivity index (χ1v) is 10.0. The summed E-state index contributed by atoms with van der Waals surface area (Å²) in [6.07, 6.45) is -3.38. The van der Waals surface area contributed by atoms with Gasteiger partial charge < -0.3 is 9.47 Å². The lowest BCUT2D eigenvalue weighted by Crippen LogP contribution is -2.44. The van der Waals surface area contributed by atoms with Crippen molar-refractivity contribution in [3.63, 3.8) is 0 Å². The molecule has 8 nitrogen and oxygen atoms in total. The van der Waals surface area contributed by atoms with E-state index in [1.165, 1.54) is 36.4 Å². The van der Waals surface area contributed by atoms with Crippen molar-refractivity contribution in [3.8, 4) is 0 Å². The van der Waals surface area contributed by atoms with Crippen molar-refractivity contribution in [2.75, 3.05) is 0 Å². The molecule has 0 aromatic heterocycles. The molecule has 0 spiro atoms. The molecule has 0 bridgehead atoms. The average Bonchev–Trinajstić information content (AvgIpc) is 3.23. The summed E-state index contributed by atoms with van der Waals surface area (Å²) in [6, 6.07) is 11.6. The van der Waals surface area contributed by atoms with Crippen molar-refractivity contribution >= 4 is 58.3 Å². The maximum absolute atomic E-state index is 13.1. The third kappa shape index (κ3) is 3.51. The molecule has 2 saturated heterocycles. The number of cyclic esters (lactones) is 2. The van der Waals surface area contributed by atoms with Crippen LogP contribution in [0.4, 0.5) is 0 Å². The Hall–Kier alpha value is -3.36. The van der Waals surface area contributed by atoms with Gasteiger partial charge in [0.1, 0.15) is 11.8 Å². The van der Waals surface area contributed by atoms with Gasteiger partial charge >= 0.3 is 11.9 Å². The van der Waals surface area contributed by atoms with Crippen molar-refractivity contribution < 1.29 is 38.2 Å². The molecule has 0 aliphatic carbocycles. The molecule has 2 aliphatic heterocycles. The Morgan fingerprint density at radius 3 is 1.31 bits per heavy atom. The van der Waals surface area contributed by atoms with E-state index in [9.17, 15) is 28.8 Å². The fraction of sp³-hybridized carbons (Fsp3) is 0.182. The summed E-state index contributed by atoms with van der Waals surface area (Å²) in [6.45, 7) is 0. The van der Waals surface area contributed by atoms with Crippen molar-refractivity contribution in [1.29, 1.82) is 0 Å². The minimum atomic E-state index is -1.76. The van der Waals surface area contributed by atoms with E-state index >= 15 is 0 Å². The lowest BCUT2D eigenvalue weighted by atomic mass is 9.81. The minimum absolute atomic E-state index is 0.0200. The van der Waals surface area contributed by atoms with E-state index in [1.807, 2.05) is 0 Å². The molecule has 10 heteroatoms. The summed E-state index contributed by atoms with van der Waals surface area (Å²) in [4.78, 5) is 75.3. The van der Waals surface area contributed by atoms with Gasteiger partial charge in [0.05, 0.1) is 10.0 Å². The maximum atomic E-state index is 13.1. The van der Waals surface area contributed by atoms with E-state index in [4.69, 9.17) is 32.7 Å². The minimum Gasteiger partial charge on any atom is -0.451 e. The second-order valence-electron chi connectivity index (χ2n) is 7.11. The number of ether oxygens (including phenoxy) is 2. The third-order valence-electron chi connectivity index (χ3n) is 5.28. The summed E-state index contributed by atoms with van der Waals surface area (Å²) >= 11 is 12.1. The normalized spacial score (nSPS) is 24.9. The highest BCUT2D eigenvalue weighted by molar-refractivity contribution is 6.45. The first-order chi connectivity index (χ1) is 15.2. The molecular formula is C22H12Cl2O8. The fourth-order valence-electron chi connectivity index (χ4n) is 3.76. The molecule has 0 amide bonds. The predicted molar refractivity (Wildman–Crippen MR) is 108 cm³/mol. The van der Waals surface area contributed by atoms with E-state index < -0.39 is 59.1 Å². The number of hydrogen-bond donors (Lipinski definition) is 0. The van der Waals surface area contributed by atoms with Crippen LogP contribution in [0.15, 0.2) is 48.5 Å². The van der Waals surface area contributed by atoms with Crippen molar-refractivity contribution in [2.24, 2.45) is 11.8 Å². The zero-order valence-corrected chi connectivity index (χ0v) is 17.5. The van der Waals surface area contributed by atoms with Crippen LogP contribution in [-0.4, -0.2) is 47.3 Å². The number of hydrogen-bond acceptors (Lipinski definition) is 8. The molecule has 2 heterocycles. The van der Waals surface area contributed by atoms with Gasteiger partial charge in [-0.15, -0.1) is 0 Å². The smallest absolute Gasteiger partial charge is 0.376 e. The first kappa shape index (κ1) is 21.9. The molecule has 162 valence electrons. The van der Waals surface area contributed by atoms with Crippen molar-refractivity contribution in [3.05, 3.63) is 69.7 Å². The highest BCUT2D eigenvalue weighted by Gasteiger charge is 2.60. The van der Waals surface area contributed by atoms with Crippen LogP contribution in [-0.2, 0) is 28.7 Å². The topological polar surface area (TPSA) is 121 Å². The molecule has 32 heavy (non-hydrogen) atoms. The lowest BCUT2D eigenvalue weighted by Gasteiger charge is -2.24. The third-order valence-corrected chi connectivity index (χ3v) is 5.94. The summed E-state index contributed by atoms with van der Waals surface area (Å²) in [7, 11) is 0. The van der Waals surface area contributed by atoms with Gasteiger partial charge in [-0.2, -0.15) is 0 Å². The van der Waals surface area contributed by atoms with Gasteiger partial charge in [-0.05, 0) is 24.3 Å². The van der Waals surface area contributed by atoms with E-state index in [0.717, 1.165) is 0 Å². The summed E-state index contributed by atoms with van der Waals surface area (Å²) in [5.74, 6) is -10.3. The largest absolute Gasteiger partial charge is 0.451 e. The summed E-state index contributed by atoms with van der Waals surface area (Å²) < 4.78 is 10.1. The maximum Gasteiger partial charge on any atom is 0.376 e. The number of ketones is 4. The molecule has 2 aliphatic rings. The van der Waals surface area contributed by atoms with Crippen molar-refractivity contribution in [2.45, 2.75) is 12.2 Å². The van der Waals surface area contributed by atoms with Gasteiger partial charge in [-0.3, -0.25) is 19.2 Å². The average molecular weight is 475 g/mol. The highest BCUT2D eigenvalue weighted by atomic mass is 35.5. The van der Waals surface area contributed by atoms with Crippen LogP contribution >= 0.6 is 23.2 Å². The van der Waals surface area contributed by atoms with E-state index in [0.29, 0.717) is 0 Å². The van der Waals surface area contributed by atoms with E-state index in [2.05, 4.69) is 0 Å². The van der Waals surface area contributed by atoms with Gasteiger partial charge in [0, 0.05) is 11.1 Å². The van der Waals surface area contributed by atoms with Crippen molar-refractivity contribution in [1.82, 2.24) is 0 Å². The van der Waals surface area contributed by atoms with Gasteiger partial charge in [0.15, 0.2) is 23.8 Å². The second kappa shape index (κ2) is 8.29. The van der Waals surface area contributed by atoms with Crippen LogP contribution in [0.25, 0.3) is 0 Å². The zero-order chi connectivity index (χ0) is 23.2. The number of benzene rings is 2. The Morgan fingerprint density at radius 1 is 0.625 bits per heavy atom. The number of Topliss-reactive ketones (excluding diaryl/α,β-unsaturated/α-hetero) is 4. The Kier molecular flexibility index (Phi) is 5.66. The molecule has 0 N–H and O–H groups in total. The Bertz CT molecular complexity index is 1110. The monoisotopic (exact) mass is 474 g/mol. The van der Waals surface area contributed by atoms with Crippen LogP contribution in [0.1, 0.15) is 20.7 Å². The molecule has 2 fully saturated rings. The van der Waals surface area contributed by atoms with Crippen LogP contribution < -0.4 is 0 Å². The Labute approximate surface area is 190 Å². The van der Waals surface area contributed by atoms with E-state index in [-0.39, 0.29) is 21.2 Å². The van der Waals surface area contributed by atoms with Gasteiger partial charge in [0.2, 0.25) is 0 Å². The van der Waals surface area contributed by atoms with Crippen LogP contribution in [0.5, 0.6) is 0 Å². The molecular weight excluding hydrogens is 463 g/mol. The molecule has 0 unspecified atom stereocenters. The number of esters is 2. The Morgan fingerprint density at radius 2 is 0.969 bits per heavy atom. The van der Waals surface area contributed by atoms with Crippen LogP contribution in [0.3, 0.4) is 0 Å². The quantitative estimate of drug-likeness (QED) is 0.280. The molecule has 4 rings (SSSR count). The number of carbonyl (C=O) groups excluding carboxylic acids is 6.